The minimum atomic E-state index is -1.71. The third kappa shape index (κ3) is 3.15. The quantitative estimate of drug-likeness (QED) is 0.823. The first-order valence-electron chi connectivity index (χ1n) is 8.01. The number of carbonyl (C=O) groups is 2. The van der Waals surface area contributed by atoms with Crippen molar-refractivity contribution in [2.24, 2.45) is 0 Å². The average molecular weight is 356 g/mol. The van der Waals surface area contributed by atoms with Crippen LogP contribution in [0.1, 0.15) is 12.5 Å². The molecule has 3 rings (SSSR count). The maximum atomic E-state index is 12.8. The first kappa shape index (κ1) is 17.6. The smallest absolute Gasteiger partial charge is 0.278 e. The number of hydrogen-bond donors (Lipinski definition) is 2. The number of rotatable bonds is 4. The second-order valence-electron chi connectivity index (χ2n) is 6.14. The lowest BCUT2D eigenvalue weighted by molar-refractivity contribution is -0.143. The second kappa shape index (κ2) is 6.59. The Labute approximate surface area is 151 Å². The molecule has 1 unspecified atom stereocenters. The van der Waals surface area contributed by atoms with Crippen LogP contribution in [-0.4, -0.2) is 31.6 Å². The molecule has 0 fully saturated rings. The van der Waals surface area contributed by atoms with Crippen molar-refractivity contribution in [3.05, 3.63) is 42.0 Å². The number of anilines is 2. The van der Waals surface area contributed by atoms with Crippen LogP contribution in [0.2, 0.25) is 0 Å². The minimum Gasteiger partial charge on any atom is -0.497 e. The minimum absolute atomic E-state index is 0.429. The van der Waals surface area contributed by atoms with Gasteiger partial charge >= 0.3 is 0 Å². The average Bonchev–Trinajstić information content (AvgIpc) is 2.62. The lowest BCUT2D eigenvalue weighted by Gasteiger charge is -2.33. The van der Waals surface area contributed by atoms with Crippen LogP contribution in [0.4, 0.5) is 11.4 Å². The molecule has 0 aliphatic carbocycles. The molecule has 7 nitrogen and oxygen atoms in total. The molecule has 7 heteroatoms. The molecular formula is C19H20N2O5. The number of aryl methyl sites for hydroxylation is 1. The summed E-state index contributed by atoms with van der Waals surface area (Å²) in [6, 6.07) is 10.3. The fraction of sp³-hybridized carbons (Fsp3) is 0.263. The van der Waals surface area contributed by atoms with Crippen LogP contribution in [-0.2, 0) is 9.59 Å². The fourth-order valence-corrected chi connectivity index (χ4v) is 2.62. The summed E-state index contributed by atoms with van der Waals surface area (Å²) in [7, 11) is 3.02. The number of amides is 2. The first-order chi connectivity index (χ1) is 12.4. The monoisotopic (exact) mass is 356 g/mol. The van der Waals surface area contributed by atoms with E-state index >= 15 is 0 Å². The molecule has 0 aromatic heterocycles. The summed E-state index contributed by atoms with van der Waals surface area (Å²) in [6.45, 7) is 3.33. The van der Waals surface area contributed by atoms with Gasteiger partial charge in [0.25, 0.3) is 17.4 Å². The molecule has 0 radical (unpaired) electrons. The standard InChI is InChI=1S/C19H20N2O5/c1-11-5-6-16-15(7-11)21-18(23)19(2,26-16)17(22)20-12-8-13(24-3)10-14(9-12)25-4/h5-10H,1-4H3,(H,20,22)(H,21,23). The van der Waals surface area contributed by atoms with Gasteiger partial charge in [0.15, 0.2) is 0 Å². The van der Waals surface area contributed by atoms with Crippen LogP contribution in [0, 0.1) is 6.92 Å². The Morgan fingerprint density at radius 1 is 1.12 bits per heavy atom. The molecule has 1 aliphatic heterocycles. The summed E-state index contributed by atoms with van der Waals surface area (Å²) in [5, 5.41) is 5.42. The van der Waals surface area contributed by atoms with Crippen LogP contribution in [0.25, 0.3) is 0 Å². The second-order valence-corrected chi connectivity index (χ2v) is 6.14. The van der Waals surface area contributed by atoms with Gasteiger partial charge in [-0.1, -0.05) is 6.07 Å². The first-order valence-corrected chi connectivity index (χ1v) is 8.01. The topological polar surface area (TPSA) is 85.9 Å². The number of carbonyl (C=O) groups excluding carboxylic acids is 2. The summed E-state index contributed by atoms with van der Waals surface area (Å²) < 4.78 is 16.1. The van der Waals surface area contributed by atoms with E-state index in [9.17, 15) is 9.59 Å². The number of hydrogen-bond acceptors (Lipinski definition) is 5. The molecule has 2 amide bonds. The van der Waals surface area contributed by atoms with E-state index in [1.807, 2.05) is 13.0 Å². The summed E-state index contributed by atoms with van der Waals surface area (Å²) in [5.74, 6) is 0.329. The van der Waals surface area contributed by atoms with Crippen molar-refractivity contribution in [3.8, 4) is 17.2 Å². The van der Waals surface area contributed by atoms with Crippen molar-refractivity contribution in [2.75, 3.05) is 24.9 Å². The zero-order valence-electron chi connectivity index (χ0n) is 15.0. The highest BCUT2D eigenvalue weighted by Gasteiger charge is 2.47. The van der Waals surface area contributed by atoms with Crippen molar-refractivity contribution in [3.63, 3.8) is 0 Å². The van der Waals surface area contributed by atoms with Crippen LogP contribution >= 0.6 is 0 Å². The third-order valence-corrected chi connectivity index (χ3v) is 4.17. The molecule has 26 heavy (non-hydrogen) atoms. The van der Waals surface area contributed by atoms with Crippen molar-refractivity contribution in [1.82, 2.24) is 0 Å². The van der Waals surface area contributed by atoms with Crippen molar-refractivity contribution < 1.29 is 23.8 Å². The Morgan fingerprint density at radius 2 is 1.77 bits per heavy atom. The highest BCUT2D eigenvalue weighted by Crippen LogP contribution is 2.35. The van der Waals surface area contributed by atoms with Crippen molar-refractivity contribution >= 4 is 23.2 Å². The van der Waals surface area contributed by atoms with E-state index in [1.165, 1.54) is 21.1 Å². The molecule has 0 bridgehead atoms. The summed E-state index contributed by atoms with van der Waals surface area (Å²) in [4.78, 5) is 25.3. The summed E-state index contributed by atoms with van der Waals surface area (Å²) in [5.41, 5.74) is 0.240. The Morgan fingerprint density at radius 3 is 2.38 bits per heavy atom. The maximum absolute atomic E-state index is 12.8. The van der Waals surface area contributed by atoms with E-state index < -0.39 is 17.4 Å². The van der Waals surface area contributed by atoms with Gasteiger partial charge in [-0.05, 0) is 31.5 Å². The van der Waals surface area contributed by atoms with E-state index in [1.54, 1.807) is 30.3 Å². The summed E-state index contributed by atoms with van der Waals surface area (Å²) in [6.07, 6.45) is 0. The van der Waals surface area contributed by atoms with E-state index in [2.05, 4.69) is 10.6 Å². The van der Waals surface area contributed by atoms with Gasteiger partial charge in [0.2, 0.25) is 0 Å². The summed E-state index contributed by atoms with van der Waals surface area (Å²) >= 11 is 0. The van der Waals surface area contributed by atoms with Gasteiger partial charge in [-0.2, -0.15) is 0 Å². The number of fused-ring (bicyclic) bond motifs is 1. The molecule has 0 saturated heterocycles. The number of nitrogens with one attached hydrogen (secondary N) is 2. The van der Waals surface area contributed by atoms with E-state index in [4.69, 9.17) is 14.2 Å². The Kier molecular flexibility index (Phi) is 4.46. The van der Waals surface area contributed by atoms with Crippen LogP contribution in [0.5, 0.6) is 17.2 Å². The Hall–Kier alpha value is -3.22. The Balaban J connectivity index is 1.87. The van der Waals surface area contributed by atoms with Crippen molar-refractivity contribution in [1.29, 1.82) is 0 Å². The van der Waals surface area contributed by atoms with Crippen LogP contribution in [0.3, 0.4) is 0 Å². The van der Waals surface area contributed by atoms with Crippen LogP contribution < -0.4 is 24.8 Å². The molecule has 1 atom stereocenters. The van der Waals surface area contributed by atoms with Gasteiger partial charge < -0.3 is 24.8 Å². The lowest BCUT2D eigenvalue weighted by atomic mass is 10.0. The third-order valence-electron chi connectivity index (χ3n) is 4.17. The molecule has 2 N–H and O–H groups in total. The van der Waals surface area contributed by atoms with E-state index in [-0.39, 0.29) is 0 Å². The molecule has 0 spiro atoms. The SMILES string of the molecule is COc1cc(NC(=O)C2(C)Oc3ccc(C)cc3NC2=O)cc(OC)c1. The molecule has 0 saturated carbocycles. The lowest BCUT2D eigenvalue weighted by Crippen LogP contribution is -2.56. The molecule has 1 aliphatic rings. The van der Waals surface area contributed by atoms with Gasteiger partial charge in [0, 0.05) is 23.9 Å². The highest BCUT2D eigenvalue weighted by atomic mass is 16.5. The van der Waals surface area contributed by atoms with Gasteiger partial charge in [-0.25, -0.2) is 0 Å². The predicted octanol–water partition coefficient (Wildman–Crippen LogP) is 2.74. The molecule has 2 aromatic rings. The van der Waals surface area contributed by atoms with Gasteiger partial charge in [-0.15, -0.1) is 0 Å². The predicted molar refractivity (Wildman–Crippen MR) is 97.0 cm³/mol. The molecule has 2 aromatic carbocycles. The normalized spacial score (nSPS) is 18.2. The van der Waals surface area contributed by atoms with Gasteiger partial charge in [-0.3, -0.25) is 9.59 Å². The van der Waals surface area contributed by atoms with Crippen molar-refractivity contribution in [2.45, 2.75) is 19.4 Å². The molecule has 1 heterocycles. The van der Waals surface area contributed by atoms with E-state index in [0.717, 1.165) is 5.56 Å². The van der Waals surface area contributed by atoms with Gasteiger partial charge in [0.05, 0.1) is 19.9 Å². The number of ether oxygens (including phenoxy) is 3. The molecular weight excluding hydrogens is 336 g/mol. The zero-order chi connectivity index (χ0) is 18.9. The van der Waals surface area contributed by atoms with Crippen LogP contribution in [0.15, 0.2) is 36.4 Å². The maximum Gasteiger partial charge on any atom is 0.278 e. The number of methoxy groups -OCH3 is 2. The Bertz CT molecular complexity index is 858. The zero-order valence-corrected chi connectivity index (χ0v) is 15.0. The van der Waals surface area contributed by atoms with E-state index in [0.29, 0.717) is 28.6 Å². The number of benzene rings is 2. The van der Waals surface area contributed by atoms with Gasteiger partial charge in [0.1, 0.15) is 17.2 Å². The molecule has 136 valence electrons. The fourth-order valence-electron chi connectivity index (χ4n) is 2.62. The highest BCUT2D eigenvalue weighted by molar-refractivity contribution is 6.19. The largest absolute Gasteiger partial charge is 0.497 e.